The highest BCUT2D eigenvalue weighted by atomic mass is 19.1. The van der Waals surface area contributed by atoms with E-state index in [4.69, 9.17) is 5.11 Å². The van der Waals surface area contributed by atoms with Gasteiger partial charge in [-0.1, -0.05) is 54.6 Å². The zero-order valence-corrected chi connectivity index (χ0v) is 21.6. The monoisotopic (exact) mass is 547 g/mol. The van der Waals surface area contributed by atoms with Crippen molar-refractivity contribution in [2.45, 2.75) is 13.1 Å². The number of benzene rings is 5. The van der Waals surface area contributed by atoms with Gasteiger partial charge in [0.05, 0.1) is 34.9 Å². The van der Waals surface area contributed by atoms with Crippen LogP contribution in [0.5, 0.6) is 0 Å². The number of hydrogen-bond acceptors (Lipinski definition) is 3. The number of rotatable bonds is 7. The van der Waals surface area contributed by atoms with Crippen LogP contribution in [0.3, 0.4) is 0 Å². The highest BCUT2D eigenvalue weighted by molar-refractivity contribution is 6.07. The van der Waals surface area contributed by atoms with Crippen molar-refractivity contribution in [3.63, 3.8) is 0 Å². The molecule has 8 heteroatoms. The first kappa shape index (κ1) is 25.9. The summed E-state index contributed by atoms with van der Waals surface area (Å²) >= 11 is 0. The Labute approximate surface area is 233 Å². The zero-order chi connectivity index (χ0) is 28.5. The lowest BCUT2D eigenvalue weighted by Gasteiger charge is -2.13. The molecule has 0 radical (unpaired) electrons. The number of hydrogen-bond donors (Lipinski definition) is 2. The molecule has 0 saturated carbocycles. The quantitative estimate of drug-likeness (QED) is 0.230. The van der Waals surface area contributed by atoms with E-state index in [2.05, 4.69) is 16.5 Å². The fourth-order valence-corrected chi connectivity index (χ4v) is 5.00. The van der Waals surface area contributed by atoms with Crippen LogP contribution < -0.4 is 5.32 Å². The summed E-state index contributed by atoms with van der Waals surface area (Å²) in [6, 6.07) is 27.0. The van der Waals surface area contributed by atoms with Gasteiger partial charge in [-0.05, 0) is 69.9 Å². The van der Waals surface area contributed by atoms with Gasteiger partial charge < -0.3 is 10.4 Å². The summed E-state index contributed by atoms with van der Waals surface area (Å²) in [5, 5.41) is 19.3. The second-order valence-electron chi connectivity index (χ2n) is 9.73. The molecule has 1 amide bonds. The Balaban J connectivity index is 1.40. The number of nitrogens with one attached hydrogen (secondary N) is 1. The second kappa shape index (κ2) is 10.7. The molecule has 0 aliphatic heterocycles. The molecule has 6 aromatic rings. The Morgan fingerprint density at radius 2 is 1.49 bits per heavy atom. The maximum atomic E-state index is 14.7. The number of aromatic nitrogens is 2. The highest BCUT2D eigenvalue weighted by Gasteiger charge is 2.20. The molecule has 5 aromatic carbocycles. The predicted molar refractivity (Wildman–Crippen MR) is 153 cm³/mol. The topological polar surface area (TPSA) is 84.2 Å². The first-order valence-corrected chi connectivity index (χ1v) is 12.9. The van der Waals surface area contributed by atoms with Gasteiger partial charge in [-0.2, -0.15) is 5.10 Å². The summed E-state index contributed by atoms with van der Waals surface area (Å²) in [4.78, 5) is 24.8. The van der Waals surface area contributed by atoms with Gasteiger partial charge in [-0.15, -0.1) is 0 Å². The number of nitrogens with zero attached hydrogens (tertiary/aromatic N) is 2. The van der Waals surface area contributed by atoms with Crippen LogP contribution in [0, 0.1) is 11.6 Å². The van der Waals surface area contributed by atoms with Gasteiger partial charge in [0.1, 0.15) is 11.6 Å². The minimum Gasteiger partial charge on any atom is -0.478 e. The van der Waals surface area contributed by atoms with Crippen LogP contribution in [0.4, 0.5) is 8.78 Å². The molecule has 1 aromatic heterocycles. The molecule has 0 aliphatic rings. The van der Waals surface area contributed by atoms with Crippen molar-refractivity contribution in [3.8, 4) is 11.1 Å². The van der Waals surface area contributed by atoms with Crippen molar-refractivity contribution in [1.82, 2.24) is 15.1 Å². The smallest absolute Gasteiger partial charge is 0.335 e. The molecular weight excluding hydrogens is 524 g/mol. The van der Waals surface area contributed by atoms with E-state index in [0.29, 0.717) is 23.0 Å². The third-order valence-corrected chi connectivity index (χ3v) is 7.03. The van der Waals surface area contributed by atoms with Gasteiger partial charge >= 0.3 is 5.97 Å². The van der Waals surface area contributed by atoms with Crippen LogP contribution in [-0.4, -0.2) is 26.8 Å². The Hall–Kier alpha value is -5.37. The maximum absolute atomic E-state index is 14.7. The number of carboxylic acids is 1. The van der Waals surface area contributed by atoms with Gasteiger partial charge in [0.25, 0.3) is 5.91 Å². The van der Waals surface area contributed by atoms with Crippen molar-refractivity contribution in [3.05, 3.63) is 137 Å². The lowest BCUT2D eigenvalue weighted by Crippen LogP contribution is -2.24. The first-order valence-electron chi connectivity index (χ1n) is 12.9. The fraction of sp³-hybridized carbons (Fsp3) is 0.0606. The fourth-order valence-electron chi connectivity index (χ4n) is 5.00. The summed E-state index contributed by atoms with van der Waals surface area (Å²) < 4.78 is 31.2. The second-order valence-corrected chi connectivity index (χ2v) is 9.73. The predicted octanol–water partition coefficient (Wildman–Crippen LogP) is 6.81. The number of carbonyl (C=O) groups is 2. The molecule has 0 saturated heterocycles. The van der Waals surface area contributed by atoms with E-state index in [-0.39, 0.29) is 28.8 Å². The first-order chi connectivity index (χ1) is 19.9. The van der Waals surface area contributed by atoms with E-state index >= 15 is 0 Å². The Bertz CT molecular complexity index is 1930. The zero-order valence-electron chi connectivity index (χ0n) is 21.6. The molecule has 0 atom stereocenters. The number of aromatic carboxylic acids is 1. The molecule has 6 nitrogen and oxygen atoms in total. The van der Waals surface area contributed by atoms with Crippen LogP contribution in [-0.2, 0) is 13.1 Å². The average Bonchev–Trinajstić information content (AvgIpc) is 3.38. The minimum absolute atomic E-state index is 0.122. The third kappa shape index (κ3) is 5.15. The molecule has 0 aliphatic carbocycles. The number of carbonyl (C=O) groups excluding carboxylic acids is 1. The number of amides is 1. The van der Waals surface area contributed by atoms with Gasteiger partial charge in [-0.3, -0.25) is 9.48 Å². The van der Waals surface area contributed by atoms with Gasteiger partial charge in [-0.25, -0.2) is 13.6 Å². The van der Waals surface area contributed by atoms with Gasteiger partial charge in [0.15, 0.2) is 0 Å². The molecule has 1 heterocycles. The van der Waals surface area contributed by atoms with E-state index in [1.54, 1.807) is 29.1 Å². The number of halogens is 2. The van der Waals surface area contributed by atoms with E-state index in [9.17, 15) is 18.4 Å². The van der Waals surface area contributed by atoms with Crippen molar-refractivity contribution in [2.75, 3.05) is 0 Å². The molecular formula is C33H23F2N3O3. The van der Waals surface area contributed by atoms with Crippen molar-refractivity contribution >= 4 is 33.6 Å². The molecule has 0 fully saturated rings. The standard InChI is InChI=1S/C33H23F2N3O3/c34-28-6-3-7-29(35)30(28)25-15-26-18-37-38(19-21-10-11-22-4-1-2-5-24(22)14-21)31(26)27(16-25)32(39)36-17-20-8-12-23(13-9-20)33(40)41/h1-16,18H,17,19H2,(H,36,39)(H,40,41). The van der Waals surface area contributed by atoms with Crippen LogP contribution in [0.25, 0.3) is 32.8 Å². The molecule has 6 rings (SSSR count). The summed E-state index contributed by atoms with van der Waals surface area (Å²) in [7, 11) is 0. The largest absolute Gasteiger partial charge is 0.478 e. The van der Waals surface area contributed by atoms with Gasteiger partial charge in [0.2, 0.25) is 0 Å². The molecule has 0 spiro atoms. The lowest BCUT2D eigenvalue weighted by atomic mass is 9.98. The highest BCUT2D eigenvalue weighted by Crippen LogP contribution is 2.32. The number of carboxylic acid groups (broad SMARTS) is 1. The van der Waals surface area contributed by atoms with E-state index in [1.165, 1.54) is 36.4 Å². The summed E-state index contributed by atoms with van der Waals surface area (Å²) in [6.07, 6.45) is 1.58. The van der Waals surface area contributed by atoms with Crippen LogP contribution in [0.1, 0.15) is 31.8 Å². The van der Waals surface area contributed by atoms with Gasteiger partial charge in [0, 0.05) is 11.9 Å². The van der Waals surface area contributed by atoms with Crippen molar-refractivity contribution in [1.29, 1.82) is 0 Å². The van der Waals surface area contributed by atoms with E-state index < -0.39 is 23.5 Å². The summed E-state index contributed by atoms with van der Waals surface area (Å²) in [6.45, 7) is 0.496. The molecule has 2 N–H and O–H groups in total. The Morgan fingerprint density at radius 3 is 2.22 bits per heavy atom. The summed E-state index contributed by atoms with van der Waals surface area (Å²) in [5.41, 5.74) is 2.53. The molecule has 41 heavy (non-hydrogen) atoms. The normalized spacial score (nSPS) is 11.2. The Morgan fingerprint density at radius 1 is 0.780 bits per heavy atom. The molecule has 0 bridgehead atoms. The van der Waals surface area contributed by atoms with E-state index in [1.807, 2.05) is 36.4 Å². The Kier molecular flexibility index (Phi) is 6.73. The maximum Gasteiger partial charge on any atom is 0.335 e. The van der Waals surface area contributed by atoms with Crippen LogP contribution >= 0.6 is 0 Å². The number of fused-ring (bicyclic) bond motifs is 2. The lowest BCUT2D eigenvalue weighted by molar-refractivity contribution is 0.0696. The third-order valence-electron chi connectivity index (χ3n) is 7.03. The van der Waals surface area contributed by atoms with E-state index in [0.717, 1.165) is 16.3 Å². The minimum atomic E-state index is -1.04. The van der Waals surface area contributed by atoms with Crippen LogP contribution in [0.2, 0.25) is 0 Å². The van der Waals surface area contributed by atoms with Crippen molar-refractivity contribution in [2.24, 2.45) is 0 Å². The van der Waals surface area contributed by atoms with Crippen molar-refractivity contribution < 1.29 is 23.5 Å². The summed E-state index contributed by atoms with van der Waals surface area (Å²) in [5.74, 6) is -2.98. The SMILES string of the molecule is O=C(O)c1ccc(CNC(=O)c2cc(-c3c(F)cccc3F)cc3cnn(Cc4ccc5ccccc5c4)c23)cc1. The average molecular weight is 548 g/mol. The molecule has 202 valence electrons. The molecule has 0 unspecified atom stereocenters. The van der Waals surface area contributed by atoms with Crippen LogP contribution in [0.15, 0.2) is 103 Å².